The Hall–Kier alpha value is -2.50. The summed E-state index contributed by atoms with van der Waals surface area (Å²) in [6, 6.07) is 3.41. The highest BCUT2D eigenvalue weighted by atomic mass is 16.3. The van der Waals surface area contributed by atoms with Gasteiger partial charge in [-0.25, -0.2) is 4.98 Å². The van der Waals surface area contributed by atoms with Crippen molar-refractivity contribution in [2.24, 2.45) is 5.73 Å². The highest BCUT2D eigenvalue weighted by Gasteiger charge is 2.15. The Morgan fingerprint density at radius 2 is 2.26 bits per heavy atom. The van der Waals surface area contributed by atoms with Crippen molar-refractivity contribution < 1.29 is 9.21 Å². The monoisotopic (exact) mass is 260 g/mol. The first-order valence-corrected chi connectivity index (χ1v) is 5.78. The largest absolute Gasteiger partial charge is 0.469 e. The van der Waals surface area contributed by atoms with E-state index in [1.54, 1.807) is 6.26 Å². The number of pyridine rings is 1. The van der Waals surface area contributed by atoms with E-state index in [9.17, 15) is 4.79 Å². The molecule has 0 atom stereocenters. The summed E-state index contributed by atoms with van der Waals surface area (Å²) in [6.45, 7) is 2.45. The Morgan fingerprint density at radius 1 is 1.53 bits per heavy atom. The zero-order valence-corrected chi connectivity index (χ0v) is 10.9. The maximum atomic E-state index is 11.4. The van der Waals surface area contributed by atoms with Gasteiger partial charge in [0.1, 0.15) is 11.6 Å². The number of hydrogen-bond donors (Lipinski definition) is 2. The smallest absolute Gasteiger partial charge is 0.252 e. The summed E-state index contributed by atoms with van der Waals surface area (Å²) in [5.74, 6) is 0.788. The average molecular weight is 260 g/mol. The number of carbonyl (C=O) groups is 1. The first kappa shape index (κ1) is 12.9. The molecule has 2 heterocycles. The first-order valence-electron chi connectivity index (χ1n) is 5.78. The first-order chi connectivity index (χ1) is 8.99. The van der Waals surface area contributed by atoms with Crippen LogP contribution in [0.3, 0.4) is 0 Å². The van der Waals surface area contributed by atoms with Crippen molar-refractivity contribution in [1.82, 2.24) is 4.98 Å². The minimum absolute atomic E-state index is 0.309. The number of anilines is 2. The second-order valence-corrected chi connectivity index (χ2v) is 4.36. The van der Waals surface area contributed by atoms with Gasteiger partial charge in [0, 0.05) is 19.2 Å². The lowest BCUT2D eigenvalue weighted by atomic mass is 10.2. The van der Waals surface area contributed by atoms with Gasteiger partial charge in [0.15, 0.2) is 0 Å². The second-order valence-electron chi connectivity index (χ2n) is 4.36. The molecule has 0 saturated carbocycles. The van der Waals surface area contributed by atoms with Crippen molar-refractivity contribution in [3.8, 4) is 0 Å². The van der Waals surface area contributed by atoms with Crippen molar-refractivity contribution in [3.63, 3.8) is 0 Å². The van der Waals surface area contributed by atoms with E-state index in [0.717, 1.165) is 11.3 Å². The number of amides is 1. The standard InChI is InChI=1S/C13H16N4O2/c1-8-9(3-4-19-8)7-17(2)13-11(12(15)18)5-10(14)6-16-13/h3-6H,7,14H2,1-2H3,(H2,15,18). The molecule has 0 radical (unpaired) electrons. The van der Waals surface area contributed by atoms with Crippen LogP contribution < -0.4 is 16.4 Å². The van der Waals surface area contributed by atoms with Crippen molar-refractivity contribution >= 4 is 17.4 Å². The normalized spacial score (nSPS) is 10.4. The van der Waals surface area contributed by atoms with Crippen LogP contribution in [0.15, 0.2) is 29.0 Å². The van der Waals surface area contributed by atoms with Gasteiger partial charge in [0.25, 0.3) is 5.91 Å². The molecule has 0 fully saturated rings. The third-order valence-corrected chi connectivity index (χ3v) is 2.89. The highest BCUT2D eigenvalue weighted by molar-refractivity contribution is 5.98. The molecule has 4 N–H and O–H groups in total. The summed E-state index contributed by atoms with van der Waals surface area (Å²) in [5, 5.41) is 0. The molecule has 0 saturated heterocycles. The quantitative estimate of drug-likeness (QED) is 0.863. The fourth-order valence-corrected chi connectivity index (χ4v) is 1.86. The van der Waals surface area contributed by atoms with E-state index in [4.69, 9.17) is 15.9 Å². The molecule has 6 heteroatoms. The number of aryl methyl sites for hydroxylation is 1. The Kier molecular flexibility index (Phi) is 3.41. The Balaban J connectivity index is 2.31. The van der Waals surface area contributed by atoms with Crippen LogP contribution in [0.1, 0.15) is 21.7 Å². The molecule has 19 heavy (non-hydrogen) atoms. The van der Waals surface area contributed by atoms with Gasteiger partial charge in [-0.3, -0.25) is 4.79 Å². The summed E-state index contributed by atoms with van der Waals surface area (Å²) in [6.07, 6.45) is 3.13. The number of nitrogens with two attached hydrogens (primary N) is 2. The summed E-state index contributed by atoms with van der Waals surface area (Å²) in [4.78, 5) is 17.4. The summed E-state index contributed by atoms with van der Waals surface area (Å²) in [5.41, 5.74) is 12.7. The van der Waals surface area contributed by atoms with Crippen LogP contribution in [-0.4, -0.2) is 17.9 Å². The molecule has 100 valence electrons. The van der Waals surface area contributed by atoms with Crippen molar-refractivity contribution in [2.45, 2.75) is 13.5 Å². The lowest BCUT2D eigenvalue weighted by Crippen LogP contribution is -2.23. The molecular formula is C13H16N4O2. The number of aromatic nitrogens is 1. The third-order valence-electron chi connectivity index (χ3n) is 2.89. The predicted octanol–water partition coefficient (Wildman–Crippen LogP) is 1.30. The second kappa shape index (κ2) is 5.01. The SMILES string of the molecule is Cc1occc1CN(C)c1ncc(N)cc1C(N)=O. The zero-order valence-electron chi connectivity index (χ0n) is 10.9. The van der Waals surface area contributed by atoms with E-state index in [0.29, 0.717) is 23.6 Å². The zero-order chi connectivity index (χ0) is 14.0. The molecule has 0 aliphatic heterocycles. The van der Waals surface area contributed by atoms with Crippen molar-refractivity contribution in [2.75, 3.05) is 17.7 Å². The van der Waals surface area contributed by atoms with E-state index in [2.05, 4.69) is 4.98 Å². The topological polar surface area (TPSA) is 98.4 Å². The summed E-state index contributed by atoms with van der Waals surface area (Å²) in [7, 11) is 1.83. The number of hydrogen-bond acceptors (Lipinski definition) is 5. The maximum Gasteiger partial charge on any atom is 0.252 e. The minimum Gasteiger partial charge on any atom is -0.469 e. The average Bonchev–Trinajstić information content (AvgIpc) is 2.74. The van der Waals surface area contributed by atoms with Gasteiger partial charge in [-0.2, -0.15) is 0 Å². The van der Waals surface area contributed by atoms with Gasteiger partial charge in [-0.15, -0.1) is 0 Å². The molecule has 0 aliphatic carbocycles. The molecule has 2 aromatic heterocycles. The van der Waals surface area contributed by atoms with Crippen LogP contribution in [-0.2, 0) is 6.54 Å². The summed E-state index contributed by atoms with van der Waals surface area (Å²) >= 11 is 0. The van der Waals surface area contributed by atoms with Crippen molar-refractivity contribution in [3.05, 3.63) is 41.5 Å². The van der Waals surface area contributed by atoms with Gasteiger partial charge < -0.3 is 20.8 Å². The number of carbonyl (C=O) groups excluding carboxylic acids is 1. The van der Waals surface area contributed by atoms with Crippen LogP contribution in [0.5, 0.6) is 0 Å². The molecule has 0 spiro atoms. The van der Waals surface area contributed by atoms with Gasteiger partial charge in [0.05, 0.1) is 23.7 Å². The van der Waals surface area contributed by atoms with Gasteiger partial charge >= 0.3 is 0 Å². The predicted molar refractivity (Wildman–Crippen MR) is 72.7 cm³/mol. The van der Waals surface area contributed by atoms with Crippen LogP contribution in [0.25, 0.3) is 0 Å². The van der Waals surface area contributed by atoms with Crippen LogP contribution in [0.2, 0.25) is 0 Å². The Bertz CT molecular complexity index is 606. The number of primary amides is 1. The molecule has 0 bridgehead atoms. The van der Waals surface area contributed by atoms with Gasteiger partial charge in [-0.1, -0.05) is 0 Å². The summed E-state index contributed by atoms with van der Waals surface area (Å²) < 4.78 is 5.24. The van der Waals surface area contributed by atoms with E-state index < -0.39 is 5.91 Å². The Labute approximate surface area is 111 Å². The number of nitrogen functional groups attached to an aromatic ring is 1. The Morgan fingerprint density at radius 3 is 2.84 bits per heavy atom. The van der Waals surface area contributed by atoms with E-state index in [1.165, 1.54) is 12.3 Å². The lowest BCUT2D eigenvalue weighted by molar-refractivity contribution is 0.100. The minimum atomic E-state index is -0.550. The number of rotatable bonds is 4. The fraction of sp³-hybridized carbons (Fsp3) is 0.231. The van der Waals surface area contributed by atoms with Crippen LogP contribution >= 0.6 is 0 Å². The number of furan rings is 1. The lowest BCUT2D eigenvalue weighted by Gasteiger charge is -2.20. The molecule has 6 nitrogen and oxygen atoms in total. The molecule has 0 aromatic carbocycles. The maximum absolute atomic E-state index is 11.4. The highest BCUT2D eigenvalue weighted by Crippen LogP contribution is 2.21. The molecule has 2 aromatic rings. The molecule has 0 aliphatic rings. The number of nitrogens with zero attached hydrogens (tertiary/aromatic N) is 2. The third kappa shape index (κ3) is 2.67. The molecule has 2 rings (SSSR count). The fourth-order valence-electron chi connectivity index (χ4n) is 1.86. The molecule has 0 unspecified atom stereocenters. The van der Waals surface area contributed by atoms with E-state index >= 15 is 0 Å². The molecular weight excluding hydrogens is 244 g/mol. The van der Waals surface area contributed by atoms with Gasteiger partial charge in [0.2, 0.25) is 0 Å². The van der Waals surface area contributed by atoms with E-state index in [1.807, 2.05) is 24.9 Å². The van der Waals surface area contributed by atoms with Gasteiger partial charge in [-0.05, 0) is 19.1 Å². The van der Waals surface area contributed by atoms with E-state index in [-0.39, 0.29) is 0 Å². The van der Waals surface area contributed by atoms with Crippen molar-refractivity contribution in [1.29, 1.82) is 0 Å². The molecule has 1 amide bonds. The van der Waals surface area contributed by atoms with Crippen LogP contribution in [0, 0.1) is 6.92 Å². The van der Waals surface area contributed by atoms with Crippen LogP contribution in [0.4, 0.5) is 11.5 Å².